The number of likely N-dealkylation sites (tertiary alicyclic amines) is 1. The standard InChI is InChI=1S/C27H30N4O3/c1-30-24-16-21(27(32)33)10-11-23(24)28-25(30)17-31-14-12-20(13-15-31)22-8-5-9-26(29-22)34-18-19-6-3-2-4-7-19/h2-11,16,20,27,32-33H,12-15,17-18H2,1H3. The van der Waals surface area contributed by atoms with Crippen molar-refractivity contribution in [2.75, 3.05) is 13.1 Å². The van der Waals surface area contributed by atoms with E-state index in [-0.39, 0.29) is 0 Å². The number of hydrogen-bond donors (Lipinski definition) is 2. The third kappa shape index (κ3) is 4.97. The number of nitrogens with zero attached hydrogens (tertiary/aromatic N) is 4. The highest BCUT2D eigenvalue weighted by Gasteiger charge is 2.23. The van der Waals surface area contributed by atoms with E-state index in [0.29, 0.717) is 24.0 Å². The zero-order valence-corrected chi connectivity index (χ0v) is 19.3. The molecule has 176 valence electrons. The molecule has 0 atom stereocenters. The molecule has 0 unspecified atom stereocenters. The van der Waals surface area contributed by atoms with E-state index in [1.807, 2.05) is 48.0 Å². The van der Waals surface area contributed by atoms with Gasteiger partial charge in [0.25, 0.3) is 0 Å². The summed E-state index contributed by atoms with van der Waals surface area (Å²) in [6, 6.07) is 21.6. The highest BCUT2D eigenvalue weighted by Crippen LogP contribution is 2.29. The first kappa shape index (κ1) is 22.5. The van der Waals surface area contributed by atoms with Crippen LogP contribution in [-0.2, 0) is 20.2 Å². The molecule has 1 fully saturated rings. The molecule has 3 heterocycles. The van der Waals surface area contributed by atoms with E-state index in [4.69, 9.17) is 14.7 Å². The molecule has 7 nitrogen and oxygen atoms in total. The number of benzene rings is 2. The summed E-state index contributed by atoms with van der Waals surface area (Å²) >= 11 is 0. The Morgan fingerprint density at radius 2 is 1.76 bits per heavy atom. The van der Waals surface area contributed by atoms with Crippen LogP contribution < -0.4 is 4.74 Å². The summed E-state index contributed by atoms with van der Waals surface area (Å²) < 4.78 is 7.97. The van der Waals surface area contributed by atoms with Crippen LogP contribution in [0.3, 0.4) is 0 Å². The molecule has 0 bridgehead atoms. The van der Waals surface area contributed by atoms with Gasteiger partial charge in [-0.05, 0) is 49.7 Å². The van der Waals surface area contributed by atoms with Crippen LogP contribution >= 0.6 is 0 Å². The second-order valence-electron chi connectivity index (χ2n) is 8.93. The molecule has 5 rings (SSSR count). The van der Waals surface area contributed by atoms with Crippen molar-refractivity contribution in [2.24, 2.45) is 7.05 Å². The van der Waals surface area contributed by atoms with Gasteiger partial charge in [-0.2, -0.15) is 0 Å². The number of piperidine rings is 1. The maximum Gasteiger partial charge on any atom is 0.213 e. The smallest absolute Gasteiger partial charge is 0.213 e. The van der Waals surface area contributed by atoms with Crippen molar-refractivity contribution < 1.29 is 14.9 Å². The number of imidazole rings is 1. The van der Waals surface area contributed by atoms with Crippen LogP contribution in [0.1, 0.15) is 47.7 Å². The number of aromatic nitrogens is 3. The molecule has 0 amide bonds. The minimum Gasteiger partial charge on any atom is -0.473 e. The number of hydrogen-bond acceptors (Lipinski definition) is 6. The van der Waals surface area contributed by atoms with Crippen molar-refractivity contribution in [1.82, 2.24) is 19.4 Å². The highest BCUT2D eigenvalue weighted by atomic mass is 16.5. The number of fused-ring (bicyclic) bond motifs is 1. The van der Waals surface area contributed by atoms with Crippen molar-refractivity contribution in [3.05, 3.63) is 89.4 Å². The van der Waals surface area contributed by atoms with Crippen LogP contribution in [0.2, 0.25) is 0 Å². The molecule has 2 N–H and O–H groups in total. The van der Waals surface area contributed by atoms with Crippen molar-refractivity contribution in [3.63, 3.8) is 0 Å². The molecular weight excluding hydrogens is 428 g/mol. The summed E-state index contributed by atoms with van der Waals surface area (Å²) in [5, 5.41) is 18.9. The van der Waals surface area contributed by atoms with Crippen LogP contribution in [0, 0.1) is 0 Å². The minimum atomic E-state index is -1.47. The third-order valence-electron chi connectivity index (χ3n) is 6.64. The van der Waals surface area contributed by atoms with Crippen LogP contribution in [0.5, 0.6) is 5.88 Å². The first-order chi connectivity index (χ1) is 16.6. The number of aryl methyl sites for hydroxylation is 1. The molecule has 1 aliphatic heterocycles. The second-order valence-corrected chi connectivity index (χ2v) is 8.93. The van der Waals surface area contributed by atoms with E-state index in [0.717, 1.165) is 60.6 Å². The van der Waals surface area contributed by atoms with Crippen molar-refractivity contribution in [1.29, 1.82) is 0 Å². The monoisotopic (exact) mass is 458 g/mol. The molecule has 7 heteroatoms. The average molecular weight is 459 g/mol. The molecule has 2 aromatic carbocycles. The summed E-state index contributed by atoms with van der Waals surface area (Å²) in [6.07, 6.45) is 0.609. The summed E-state index contributed by atoms with van der Waals surface area (Å²) in [5.74, 6) is 2.08. The lowest BCUT2D eigenvalue weighted by Gasteiger charge is -2.31. The van der Waals surface area contributed by atoms with Gasteiger partial charge in [0.2, 0.25) is 5.88 Å². The zero-order chi connectivity index (χ0) is 23.5. The van der Waals surface area contributed by atoms with Gasteiger partial charge in [0.1, 0.15) is 12.4 Å². The lowest BCUT2D eigenvalue weighted by molar-refractivity contribution is -0.0424. The molecule has 1 saturated heterocycles. The van der Waals surface area contributed by atoms with Gasteiger partial charge in [-0.1, -0.05) is 42.5 Å². The molecule has 0 spiro atoms. The maximum atomic E-state index is 9.46. The van der Waals surface area contributed by atoms with Crippen molar-refractivity contribution in [2.45, 2.75) is 38.2 Å². The Balaban J connectivity index is 1.19. The largest absolute Gasteiger partial charge is 0.473 e. The minimum absolute atomic E-state index is 0.422. The molecule has 1 aliphatic rings. The molecule has 34 heavy (non-hydrogen) atoms. The Kier molecular flexibility index (Phi) is 6.58. The summed E-state index contributed by atoms with van der Waals surface area (Å²) in [6.45, 7) is 3.24. The first-order valence-electron chi connectivity index (χ1n) is 11.7. The van der Waals surface area contributed by atoms with Crippen LogP contribution in [-0.4, -0.2) is 42.7 Å². The lowest BCUT2D eigenvalue weighted by atomic mass is 9.93. The van der Waals surface area contributed by atoms with Gasteiger partial charge in [-0.15, -0.1) is 0 Å². The Morgan fingerprint density at radius 3 is 2.53 bits per heavy atom. The normalized spacial score (nSPS) is 15.3. The first-order valence-corrected chi connectivity index (χ1v) is 11.7. The fraction of sp³-hybridized carbons (Fsp3) is 0.333. The predicted molar refractivity (Wildman–Crippen MR) is 130 cm³/mol. The number of aliphatic hydroxyl groups is 2. The Labute approximate surface area is 199 Å². The second kappa shape index (κ2) is 9.93. The fourth-order valence-electron chi connectivity index (χ4n) is 4.62. The zero-order valence-electron chi connectivity index (χ0n) is 19.3. The fourth-order valence-corrected chi connectivity index (χ4v) is 4.62. The number of ether oxygens (including phenoxy) is 1. The number of aliphatic hydroxyl groups excluding tert-OH is 1. The lowest BCUT2D eigenvalue weighted by Crippen LogP contribution is -2.33. The molecule has 0 radical (unpaired) electrons. The Bertz CT molecular complexity index is 1250. The van der Waals surface area contributed by atoms with Gasteiger partial charge < -0.3 is 19.5 Å². The Hall–Kier alpha value is -3.26. The quantitative estimate of drug-likeness (QED) is 0.409. The highest BCUT2D eigenvalue weighted by molar-refractivity contribution is 5.76. The van der Waals surface area contributed by atoms with Gasteiger partial charge in [-0.25, -0.2) is 9.97 Å². The summed E-state index contributed by atoms with van der Waals surface area (Å²) in [7, 11) is 1.98. The molecule has 2 aromatic heterocycles. The SMILES string of the molecule is Cn1c(CN2CCC(c3cccc(OCc4ccccc4)n3)CC2)nc2ccc(C(O)O)cc21. The molecular formula is C27H30N4O3. The maximum absolute atomic E-state index is 9.46. The number of rotatable bonds is 7. The van der Waals surface area contributed by atoms with Crippen LogP contribution in [0.4, 0.5) is 0 Å². The molecule has 0 saturated carbocycles. The van der Waals surface area contributed by atoms with E-state index in [1.165, 1.54) is 0 Å². The summed E-state index contributed by atoms with van der Waals surface area (Å²) in [5.41, 5.74) is 4.49. The molecule has 4 aromatic rings. The van der Waals surface area contributed by atoms with Crippen molar-refractivity contribution >= 4 is 11.0 Å². The van der Waals surface area contributed by atoms with Crippen LogP contribution in [0.15, 0.2) is 66.7 Å². The van der Waals surface area contributed by atoms with Gasteiger partial charge in [0.05, 0.1) is 17.6 Å². The van der Waals surface area contributed by atoms with E-state index in [1.54, 1.807) is 12.1 Å². The summed E-state index contributed by atoms with van der Waals surface area (Å²) in [4.78, 5) is 12.0. The Morgan fingerprint density at radius 1 is 0.971 bits per heavy atom. The van der Waals surface area contributed by atoms with E-state index >= 15 is 0 Å². The third-order valence-corrected chi connectivity index (χ3v) is 6.64. The topological polar surface area (TPSA) is 83.6 Å². The van der Waals surface area contributed by atoms with E-state index in [9.17, 15) is 10.2 Å². The molecule has 0 aliphatic carbocycles. The van der Waals surface area contributed by atoms with E-state index < -0.39 is 6.29 Å². The van der Waals surface area contributed by atoms with E-state index in [2.05, 4.69) is 23.1 Å². The predicted octanol–water partition coefficient (Wildman–Crippen LogP) is 3.91. The van der Waals surface area contributed by atoms with Crippen molar-refractivity contribution in [3.8, 4) is 5.88 Å². The number of pyridine rings is 1. The van der Waals surface area contributed by atoms with Gasteiger partial charge in [0.15, 0.2) is 6.29 Å². The van der Waals surface area contributed by atoms with Gasteiger partial charge in [-0.3, -0.25) is 4.90 Å². The average Bonchev–Trinajstić information content (AvgIpc) is 3.18. The van der Waals surface area contributed by atoms with Crippen LogP contribution in [0.25, 0.3) is 11.0 Å². The van der Waals surface area contributed by atoms with Gasteiger partial charge >= 0.3 is 0 Å². The van der Waals surface area contributed by atoms with Gasteiger partial charge in [0, 0.05) is 30.3 Å².